The van der Waals surface area contributed by atoms with Crippen LogP contribution < -0.4 is 0 Å². The molecule has 0 N–H and O–H groups in total. The largest absolute Gasteiger partial charge is 0.274 e. The molecule has 178 valence electrons. The van der Waals surface area contributed by atoms with Gasteiger partial charge in [-0.1, -0.05) is 17.7 Å². The number of benzene rings is 1. The van der Waals surface area contributed by atoms with Gasteiger partial charge in [-0.15, -0.1) is 10.2 Å². The minimum absolute atomic E-state index is 0.0263. The van der Waals surface area contributed by atoms with E-state index in [1.165, 1.54) is 16.4 Å². The van der Waals surface area contributed by atoms with E-state index in [1.54, 1.807) is 34.6 Å². The van der Waals surface area contributed by atoms with Gasteiger partial charge in [0.1, 0.15) is 5.82 Å². The Bertz CT molecular complexity index is 1620. The Kier molecular flexibility index (Phi) is 4.84. The summed E-state index contributed by atoms with van der Waals surface area (Å²) in [7, 11) is -7.00. The van der Waals surface area contributed by atoms with E-state index in [0.717, 1.165) is 18.4 Å². The third kappa shape index (κ3) is 3.27. The maximum absolute atomic E-state index is 13.3. The zero-order chi connectivity index (χ0) is 23.7. The maximum atomic E-state index is 13.3. The highest BCUT2D eigenvalue weighted by Crippen LogP contribution is 2.39. The molecule has 10 nitrogen and oxygen atoms in total. The molecule has 1 saturated carbocycles. The van der Waals surface area contributed by atoms with Gasteiger partial charge in [-0.25, -0.2) is 25.8 Å². The Morgan fingerprint density at radius 1 is 1.06 bits per heavy atom. The second-order valence-corrected chi connectivity index (χ2v) is 12.9. The van der Waals surface area contributed by atoms with Gasteiger partial charge in [-0.3, -0.25) is 4.40 Å². The fourth-order valence-electron chi connectivity index (χ4n) is 5.26. The molecule has 1 saturated heterocycles. The van der Waals surface area contributed by atoms with Crippen molar-refractivity contribution < 1.29 is 16.8 Å². The maximum Gasteiger partial charge on any atom is 0.269 e. The van der Waals surface area contributed by atoms with Gasteiger partial charge in [0.15, 0.2) is 11.3 Å². The number of aromatic nitrogens is 5. The minimum atomic E-state index is -3.83. The van der Waals surface area contributed by atoms with Crippen LogP contribution in [0, 0.1) is 6.92 Å². The lowest BCUT2D eigenvalue weighted by Gasteiger charge is -2.22. The summed E-state index contributed by atoms with van der Waals surface area (Å²) in [5.74, 6) is 0.961. The molecule has 2 atom stereocenters. The number of sulfonamides is 1. The van der Waals surface area contributed by atoms with Crippen molar-refractivity contribution in [2.24, 2.45) is 0 Å². The molecule has 2 aliphatic rings. The van der Waals surface area contributed by atoms with Crippen LogP contribution in [0.2, 0.25) is 0 Å². The fraction of sp³-hybridized carbons (Fsp3) is 0.409. The molecule has 4 heterocycles. The fourth-order valence-corrected chi connectivity index (χ4v) is 8.33. The van der Waals surface area contributed by atoms with Crippen molar-refractivity contribution in [3.05, 3.63) is 54.1 Å². The van der Waals surface area contributed by atoms with Crippen LogP contribution in [0.25, 0.3) is 16.8 Å². The molecule has 12 heteroatoms. The number of hydrogen-bond acceptors (Lipinski definition) is 7. The minimum Gasteiger partial charge on any atom is -0.274 e. The topological polar surface area (TPSA) is 120 Å². The van der Waals surface area contributed by atoms with Crippen molar-refractivity contribution in [3.8, 4) is 0 Å². The van der Waals surface area contributed by atoms with Crippen LogP contribution in [0.5, 0.6) is 0 Å². The highest BCUT2D eigenvalue weighted by molar-refractivity contribution is 7.90. The normalized spacial score (nSPS) is 23.3. The second-order valence-electron chi connectivity index (χ2n) is 9.09. The number of nitrogens with zero attached hydrogens (tertiary/aromatic N) is 6. The van der Waals surface area contributed by atoms with E-state index < -0.39 is 20.0 Å². The van der Waals surface area contributed by atoms with Gasteiger partial charge in [0.25, 0.3) is 10.0 Å². The molecule has 6 rings (SSSR count). The van der Waals surface area contributed by atoms with Crippen LogP contribution in [0.1, 0.15) is 43.0 Å². The summed E-state index contributed by atoms with van der Waals surface area (Å²) in [5, 5.41) is 8.67. The van der Waals surface area contributed by atoms with Gasteiger partial charge in [0, 0.05) is 24.7 Å². The molecule has 2 fully saturated rings. The predicted molar refractivity (Wildman–Crippen MR) is 126 cm³/mol. The highest BCUT2D eigenvalue weighted by atomic mass is 32.2. The monoisotopic (exact) mass is 500 g/mol. The van der Waals surface area contributed by atoms with Crippen LogP contribution in [0.3, 0.4) is 0 Å². The summed E-state index contributed by atoms with van der Waals surface area (Å²) in [6, 6.07) is 8.38. The van der Waals surface area contributed by atoms with Crippen molar-refractivity contribution in [3.63, 3.8) is 0 Å². The van der Waals surface area contributed by atoms with E-state index in [-0.39, 0.29) is 22.6 Å². The van der Waals surface area contributed by atoms with Crippen LogP contribution in [0.15, 0.2) is 47.6 Å². The molecule has 3 aromatic heterocycles. The van der Waals surface area contributed by atoms with Crippen LogP contribution in [0.4, 0.5) is 0 Å². The van der Waals surface area contributed by atoms with E-state index >= 15 is 0 Å². The molecule has 0 unspecified atom stereocenters. The van der Waals surface area contributed by atoms with Crippen molar-refractivity contribution in [2.75, 3.05) is 12.3 Å². The molecule has 0 amide bonds. The Hall–Kier alpha value is -2.83. The van der Waals surface area contributed by atoms with Gasteiger partial charge in [-0.05, 0) is 50.8 Å². The Balaban J connectivity index is 1.40. The molecule has 0 spiro atoms. The highest BCUT2D eigenvalue weighted by Gasteiger charge is 2.40. The third-order valence-electron chi connectivity index (χ3n) is 6.96. The summed E-state index contributed by atoms with van der Waals surface area (Å²) in [6.07, 6.45) is 5.94. The van der Waals surface area contributed by atoms with E-state index in [0.29, 0.717) is 42.0 Å². The Morgan fingerprint density at radius 3 is 2.59 bits per heavy atom. The van der Waals surface area contributed by atoms with Crippen molar-refractivity contribution in [1.29, 1.82) is 0 Å². The smallest absolute Gasteiger partial charge is 0.269 e. The molecule has 0 bridgehead atoms. The first-order valence-electron chi connectivity index (χ1n) is 11.3. The summed E-state index contributed by atoms with van der Waals surface area (Å²) >= 11 is 0. The summed E-state index contributed by atoms with van der Waals surface area (Å²) in [6.45, 7) is 2.48. The molecule has 1 aliphatic heterocycles. The van der Waals surface area contributed by atoms with E-state index in [4.69, 9.17) is 0 Å². The number of hydrogen-bond donors (Lipinski definition) is 0. The van der Waals surface area contributed by atoms with E-state index in [2.05, 4.69) is 15.2 Å². The molecule has 1 aromatic carbocycles. The molecule has 0 radical (unpaired) electrons. The van der Waals surface area contributed by atoms with Gasteiger partial charge < -0.3 is 0 Å². The number of rotatable bonds is 4. The lowest BCUT2D eigenvalue weighted by Crippen LogP contribution is -2.34. The lowest BCUT2D eigenvalue weighted by atomic mass is 10.1. The SMILES string of the molecule is Cc1ccc(S(=O)(=O)n2ccc3c2ncc2nnc([C@@H]4CC[C@H](N5CCCS5(=O)=O)C4)n23)cc1. The zero-order valence-electron chi connectivity index (χ0n) is 18.6. The van der Waals surface area contributed by atoms with Crippen molar-refractivity contribution in [2.45, 2.75) is 49.5 Å². The molecular weight excluding hydrogens is 476 g/mol. The average molecular weight is 501 g/mol. The number of aryl methyl sites for hydroxylation is 1. The second kappa shape index (κ2) is 7.59. The van der Waals surface area contributed by atoms with Crippen molar-refractivity contribution in [1.82, 2.24) is 27.9 Å². The first kappa shape index (κ1) is 21.7. The van der Waals surface area contributed by atoms with Crippen LogP contribution in [-0.2, 0) is 20.0 Å². The van der Waals surface area contributed by atoms with E-state index in [9.17, 15) is 16.8 Å². The van der Waals surface area contributed by atoms with E-state index in [1.807, 2.05) is 11.3 Å². The van der Waals surface area contributed by atoms with Gasteiger partial charge in [-0.2, -0.15) is 4.31 Å². The Labute approximate surface area is 197 Å². The third-order valence-corrected chi connectivity index (χ3v) is 10.6. The standard InChI is InChI=1S/C22H24N6O4S2/c1-15-3-7-18(8-4-15)34(31,32)27-11-9-19-22(27)23-14-20-24-25-21(28(19)20)16-5-6-17(13-16)26-10-2-12-33(26,29)30/h3-4,7-9,11,14,16-17H,2,5-6,10,12-13H2,1H3/t16-,17+/m1/s1. The summed E-state index contributed by atoms with van der Waals surface area (Å²) in [5.41, 5.74) is 2.41. The number of fused-ring (bicyclic) bond motifs is 3. The summed E-state index contributed by atoms with van der Waals surface area (Å²) in [4.78, 5) is 4.58. The molecule has 34 heavy (non-hydrogen) atoms. The van der Waals surface area contributed by atoms with Crippen LogP contribution >= 0.6 is 0 Å². The van der Waals surface area contributed by atoms with Gasteiger partial charge in [0.2, 0.25) is 10.0 Å². The van der Waals surface area contributed by atoms with Crippen molar-refractivity contribution >= 4 is 36.9 Å². The lowest BCUT2D eigenvalue weighted by molar-refractivity contribution is 0.342. The van der Waals surface area contributed by atoms with Gasteiger partial charge in [0.05, 0.1) is 22.4 Å². The summed E-state index contributed by atoms with van der Waals surface area (Å²) < 4.78 is 56.1. The molecule has 1 aliphatic carbocycles. The molecule has 4 aromatic rings. The Morgan fingerprint density at radius 2 is 1.85 bits per heavy atom. The average Bonchev–Trinajstić information content (AvgIpc) is 3.57. The van der Waals surface area contributed by atoms with Gasteiger partial charge >= 0.3 is 0 Å². The first-order chi connectivity index (χ1) is 16.3. The predicted octanol–water partition coefficient (Wildman–Crippen LogP) is 2.30. The zero-order valence-corrected chi connectivity index (χ0v) is 20.2. The quantitative estimate of drug-likeness (QED) is 0.422. The first-order valence-corrected chi connectivity index (χ1v) is 14.3. The molecular formula is C22H24N6O4S2. The van der Waals surface area contributed by atoms with Crippen LogP contribution in [-0.4, -0.2) is 63.0 Å².